The van der Waals surface area contributed by atoms with E-state index in [4.69, 9.17) is 32.9 Å². The molecule has 0 saturated carbocycles. The maximum absolute atomic E-state index is 13.4. The summed E-state index contributed by atoms with van der Waals surface area (Å²) in [5.74, 6) is 0.510. The number of hydrogen-bond donors (Lipinski definition) is 1. The van der Waals surface area contributed by atoms with Gasteiger partial charge in [-0.05, 0) is 31.5 Å². The molecular formula is C22H25Cl2N5O2S. The average Bonchev–Trinajstić information content (AvgIpc) is 3.43. The third-order valence-corrected chi connectivity index (χ3v) is 6.92. The van der Waals surface area contributed by atoms with E-state index < -0.39 is 0 Å². The molecule has 0 amide bonds. The number of ether oxygens (including phenoxy) is 1. The van der Waals surface area contributed by atoms with Crippen LogP contribution in [0.5, 0.6) is 0 Å². The summed E-state index contributed by atoms with van der Waals surface area (Å²) in [6, 6.07) is 5.11. The Bertz CT molecular complexity index is 1150. The molecule has 3 aromatic rings. The van der Waals surface area contributed by atoms with Gasteiger partial charge in [-0.2, -0.15) is 0 Å². The molecule has 0 spiro atoms. The predicted octanol–water partition coefficient (Wildman–Crippen LogP) is 4.48. The summed E-state index contributed by atoms with van der Waals surface area (Å²) >= 11 is 14.0. The minimum absolute atomic E-state index is 0.0660. The molecule has 1 aliphatic rings. The average molecular weight is 494 g/mol. The van der Waals surface area contributed by atoms with Gasteiger partial charge < -0.3 is 15.0 Å². The number of nitrogens with zero attached hydrogens (tertiary/aromatic N) is 4. The van der Waals surface area contributed by atoms with Crippen LogP contribution in [0.3, 0.4) is 0 Å². The number of halogens is 2. The number of anilines is 2. The summed E-state index contributed by atoms with van der Waals surface area (Å²) < 4.78 is 7.52. The fraction of sp³-hybridized carbons (Fsp3) is 0.409. The van der Waals surface area contributed by atoms with Crippen molar-refractivity contribution in [1.29, 1.82) is 0 Å². The number of rotatable bonds is 7. The molecule has 32 heavy (non-hydrogen) atoms. The number of hydrogen-bond acceptors (Lipinski definition) is 7. The summed E-state index contributed by atoms with van der Waals surface area (Å²) in [6.45, 7) is 5.96. The Morgan fingerprint density at radius 1 is 1.28 bits per heavy atom. The first-order chi connectivity index (χ1) is 15.4. The lowest BCUT2D eigenvalue weighted by molar-refractivity contribution is 0.0720. The van der Waals surface area contributed by atoms with Gasteiger partial charge >= 0.3 is 0 Å². The molecule has 1 N–H and O–H groups in total. The molecule has 4 rings (SSSR count). The first kappa shape index (κ1) is 23.0. The largest absolute Gasteiger partial charge is 0.374 e. The molecule has 1 aliphatic heterocycles. The van der Waals surface area contributed by atoms with Gasteiger partial charge in [0.05, 0.1) is 22.9 Å². The Kier molecular flexibility index (Phi) is 7.05. The maximum Gasteiger partial charge on any atom is 0.277 e. The van der Waals surface area contributed by atoms with Crippen molar-refractivity contribution in [2.24, 2.45) is 7.05 Å². The van der Waals surface area contributed by atoms with E-state index in [-0.39, 0.29) is 17.7 Å². The van der Waals surface area contributed by atoms with Crippen molar-refractivity contribution < 1.29 is 4.74 Å². The Morgan fingerprint density at radius 2 is 2.09 bits per heavy atom. The molecular weight excluding hydrogens is 469 g/mol. The van der Waals surface area contributed by atoms with Crippen LogP contribution >= 0.6 is 34.5 Å². The highest BCUT2D eigenvalue weighted by Crippen LogP contribution is 2.30. The van der Waals surface area contributed by atoms with Gasteiger partial charge in [-0.3, -0.25) is 9.36 Å². The third kappa shape index (κ3) is 4.50. The molecule has 7 nitrogen and oxygen atoms in total. The van der Waals surface area contributed by atoms with Crippen molar-refractivity contribution in [3.05, 3.63) is 55.9 Å². The highest BCUT2D eigenvalue weighted by Gasteiger charge is 2.35. The molecule has 2 aromatic heterocycles. The fourth-order valence-electron chi connectivity index (χ4n) is 3.97. The lowest BCUT2D eigenvalue weighted by atomic mass is 10.1. The normalized spacial score (nSPS) is 18.3. The van der Waals surface area contributed by atoms with E-state index in [1.54, 1.807) is 42.8 Å². The van der Waals surface area contributed by atoms with Crippen LogP contribution in [0.25, 0.3) is 11.4 Å². The monoisotopic (exact) mass is 493 g/mol. The van der Waals surface area contributed by atoms with Crippen molar-refractivity contribution >= 4 is 45.4 Å². The molecule has 0 radical (unpaired) electrons. The van der Waals surface area contributed by atoms with Gasteiger partial charge in [0.15, 0.2) is 5.13 Å². The second kappa shape index (κ2) is 9.79. The molecule has 3 heterocycles. The first-order valence-corrected chi connectivity index (χ1v) is 12.1. The SMILES string of the molecule is CCO[C@H]1CN(c2nccs2)CC1Nc1c(CC)nc(-c2ccc(Cl)cc2Cl)n(C)c1=O. The molecule has 1 fully saturated rings. The predicted molar refractivity (Wildman–Crippen MR) is 131 cm³/mol. The molecule has 0 bridgehead atoms. The van der Waals surface area contributed by atoms with Gasteiger partial charge in [-0.15, -0.1) is 11.3 Å². The van der Waals surface area contributed by atoms with Crippen LogP contribution in [0.4, 0.5) is 10.8 Å². The zero-order valence-corrected chi connectivity index (χ0v) is 20.5. The summed E-state index contributed by atoms with van der Waals surface area (Å²) in [5.41, 5.74) is 1.71. The fourth-order valence-corrected chi connectivity index (χ4v) is 5.12. The Balaban J connectivity index is 1.69. The van der Waals surface area contributed by atoms with Gasteiger partial charge in [-0.1, -0.05) is 30.1 Å². The number of thiazole rings is 1. The van der Waals surface area contributed by atoms with Crippen LogP contribution in [-0.2, 0) is 18.2 Å². The second-order valence-corrected chi connectivity index (χ2v) is 9.28. The van der Waals surface area contributed by atoms with Crippen LogP contribution in [0, 0.1) is 0 Å². The first-order valence-electron chi connectivity index (χ1n) is 10.5. The van der Waals surface area contributed by atoms with Crippen LogP contribution < -0.4 is 15.8 Å². The Hall–Kier alpha value is -2.13. The summed E-state index contributed by atoms with van der Waals surface area (Å²) in [5, 5.41) is 7.36. The van der Waals surface area contributed by atoms with Crippen LogP contribution in [0.1, 0.15) is 19.5 Å². The number of aryl methyl sites for hydroxylation is 1. The minimum Gasteiger partial charge on any atom is -0.374 e. The van der Waals surface area contributed by atoms with E-state index in [9.17, 15) is 4.79 Å². The molecule has 1 saturated heterocycles. The molecule has 10 heteroatoms. The molecule has 1 aromatic carbocycles. The van der Waals surface area contributed by atoms with Gasteiger partial charge in [0.1, 0.15) is 11.5 Å². The Morgan fingerprint density at radius 3 is 2.75 bits per heavy atom. The highest BCUT2D eigenvalue weighted by molar-refractivity contribution is 7.13. The van der Waals surface area contributed by atoms with E-state index in [0.29, 0.717) is 58.9 Å². The molecule has 1 unspecified atom stereocenters. The number of nitrogens with one attached hydrogen (secondary N) is 1. The molecule has 2 atom stereocenters. The molecule has 0 aliphatic carbocycles. The standard InChI is InChI=1S/C22H25Cl2N5O2S/c1-4-16-19(21(30)28(3)20(27-16)14-7-6-13(23)10-15(14)24)26-17-11-29(12-18(17)31-5-2)22-25-8-9-32-22/h6-10,17-18,26H,4-5,11-12H2,1-3H3/t17?,18-/m0/s1. The van der Waals surface area contributed by atoms with Gasteiger partial charge in [0.25, 0.3) is 5.56 Å². The van der Waals surface area contributed by atoms with Gasteiger partial charge in [0, 0.05) is 48.9 Å². The number of benzene rings is 1. The highest BCUT2D eigenvalue weighted by atomic mass is 35.5. The summed E-state index contributed by atoms with van der Waals surface area (Å²) in [4.78, 5) is 24.8. The van der Waals surface area contributed by atoms with Crippen molar-refractivity contribution in [3.63, 3.8) is 0 Å². The van der Waals surface area contributed by atoms with Gasteiger partial charge in [0.2, 0.25) is 0 Å². The third-order valence-electron chi connectivity index (χ3n) is 5.54. The van der Waals surface area contributed by atoms with E-state index in [2.05, 4.69) is 15.2 Å². The van der Waals surface area contributed by atoms with Crippen molar-refractivity contribution in [2.75, 3.05) is 29.9 Å². The van der Waals surface area contributed by atoms with E-state index in [0.717, 1.165) is 5.13 Å². The van der Waals surface area contributed by atoms with E-state index in [1.165, 1.54) is 4.57 Å². The number of aromatic nitrogens is 3. The molecule has 170 valence electrons. The van der Waals surface area contributed by atoms with Crippen LogP contribution in [0.2, 0.25) is 10.0 Å². The summed E-state index contributed by atoms with van der Waals surface area (Å²) in [7, 11) is 1.71. The van der Waals surface area contributed by atoms with Crippen LogP contribution in [0.15, 0.2) is 34.6 Å². The second-order valence-electron chi connectivity index (χ2n) is 7.56. The van der Waals surface area contributed by atoms with Crippen LogP contribution in [-0.4, -0.2) is 46.4 Å². The van der Waals surface area contributed by atoms with E-state index >= 15 is 0 Å². The van der Waals surface area contributed by atoms with Gasteiger partial charge in [-0.25, -0.2) is 9.97 Å². The smallest absolute Gasteiger partial charge is 0.277 e. The maximum atomic E-state index is 13.4. The lowest BCUT2D eigenvalue weighted by Crippen LogP contribution is -2.38. The van der Waals surface area contributed by atoms with Crippen molar-refractivity contribution in [1.82, 2.24) is 14.5 Å². The Labute approximate surface area is 201 Å². The zero-order chi connectivity index (χ0) is 22.8. The zero-order valence-electron chi connectivity index (χ0n) is 18.1. The summed E-state index contributed by atoms with van der Waals surface area (Å²) in [6.07, 6.45) is 2.33. The van der Waals surface area contributed by atoms with Crippen molar-refractivity contribution in [2.45, 2.75) is 32.4 Å². The van der Waals surface area contributed by atoms with Crippen molar-refractivity contribution in [3.8, 4) is 11.4 Å². The quantitative estimate of drug-likeness (QED) is 0.523. The van der Waals surface area contributed by atoms with E-state index in [1.807, 2.05) is 19.2 Å². The topological polar surface area (TPSA) is 72.3 Å². The lowest BCUT2D eigenvalue weighted by Gasteiger charge is -2.22. The minimum atomic E-state index is -0.152.